The SMILES string of the molecule is O=C(CCl)N1CCCc2c1ccc1c2S(=O)(=O)CC1. The van der Waals surface area contributed by atoms with E-state index in [4.69, 9.17) is 11.6 Å². The number of hydrogen-bond donors (Lipinski definition) is 0. The van der Waals surface area contributed by atoms with Crippen LogP contribution in [0.4, 0.5) is 5.69 Å². The van der Waals surface area contributed by atoms with Gasteiger partial charge in [-0.1, -0.05) is 6.07 Å². The lowest BCUT2D eigenvalue weighted by molar-refractivity contribution is -0.116. The van der Waals surface area contributed by atoms with Gasteiger partial charge in [-0.15, -0.1) is 11.6 Å². The number of aryl methyl sites for hydroxylation is 1. The fourth-order valence-electron chi connectivity index (χ4n) is 2.96. The van der Waals surface area contributed by atoms with E-state index < -0.39 is 9.84 Å². The smallest absolute Gasteiger partial charge is 0.241 e. The average Bonchev–Trinajstić information content (AvgIpc) is 2.73. The number of sulfone groups is 1. The third kappa shape index (κ3) is 1.96. The zero-order valence-corrected chi connectivity index (χ0v) is 11.9. The first-order valence-corrected chi connectivity index (χ1v) is 8.47. The Labute approximate surface area is 117 Å². The van der Waals surface area contributed by atoms with Crippen LogP contribution in [0.1, 0.15) is 17.5 Å². The molecule has 0 saturated carbocycles. The molecule has 0 aliphatic carbocycles. The van der Waals surface area contributed by atoms with E-state index >= 15 is 0 Å². The van der Waals surface area contributed by atoms with Gasteiger partial charge in [0.1, 0.15) is 5.88 Å². The highest BCUT2D eigenvalue weighted by Crippen LogP contribution is 2.38. The predicted molar refractivity (Wildman–Crippen MR) is 73.6 cm³/mol. The van der Waals surface area contributed by atoms with Gasteiger partial charge in [-0.3, -0.25) is 4.79 Å². The van der Waals surface area contributed by atoms with Gasteiger partial charge in [0, 0.05) is 12.2 Å². The summed E-state index contributed by atoms with van der Waals surface area (Å²) in [6.45, 7) is 0.609. The molecule has 0 atom stereocenters. The number of rotatable bonds is 1. The van der Waals surface area contributed by atoms with Crippen LogP contribution in [0, 0.1) is 0 Å². The van der Waals surface area contributed by atoms with Crippen LogP contribution in [0.15, 0.2) is 17.0 Å². The van der Waals surface area contributed by atoms with E-state index in [2.05, 4.69) is 0 Å². The first-order chi connectivity index (χ1) is 9.04. The fourth-order valence-corrected chi connectivity index (χ4v) is 4.95. The summed E-state index contributed by atoms with van der Waals surface area (Å²) in [5.41, 5.74) is 2.42. The Morgan fingerprint density at radius 1 is 1.32 bits per heavy atom. The largest absolute Gasteiger partial charge is 0.311 e. The quantitative estimate of drug-likeness (QED) is 0.739. The molecule has 0 radical (unpaired) electrons. The molecule has 0 saturated heterocycles. The Morgan fingerprint density at radius 2 is 2.11 bits per heavy atom. The number of benzene rings is 1. The number of nitrogens with zero attached hydrogens (tertiary/aromatic N) is 1. The fraction of sp³-hybridized carbons (Fsp3) is 0.462. The highest BCUT2D eigenvalue weighted by molar-refractivity contribution is 7.91. The Morgan fingerprint density at radius 3 is 2.84 bits per heavy atom. The Hall–Kier alpha value is -1.07. The first-order valence-electron chi connectivity index (χ1n) is 6.28. The van der Waals surface area contributed by atoms with Crippen molar-refractivity contribution < 1.29 is 13.2 Å². The molecule has 4 nitrogen and oxygen atoms in total. The van der Waals surface area contributed by atoms with Gasteiger partial charge in [-0.2, -0.15) is 0 Å². The van der Waals surface area contributed by atoms with E-state index in [1.54, 1.807) is 4.90 Å². The van der Waals surface area contributed by atoms with Crippen molar-refractivity contribution >= 4 is 33.0 Å². The van der Waals surface area contributed by atoms with E-state index in [-0.39, 0.29) is 17.5 Å². The van der Waals surface area contributed by atoms with Crippen molar-refractivity contribution in [1.82, 2.24) is 0 Å². The van der Waals surface area contributed by atoms with Crippen molar-refractivity contribution in [2.75, 3.05) is 23.1 Å². The summed E-state index contributed by atoms with van der Waals surface area (Å²) in [6.07, 6.45) is 2.07. The molecule has 1 aromatic carbocycles. The molecular formula is C13H14ClNO3S. The lowest BCUT2D eigenvalue weighted by atomic mass is 9.98. The van der Waals surface area contributed by atoms with Gasteiger partial charge in [0.25, 0.3) is 0 Å². The second-order valence-electron chi connectivity index (χ2n) is 4.90. The summed E-state index contributed by atoms with van der Waals surface area (Å²) in [6, 6.07) is 3.69. The predicted octanol–water partition coefficient (Wildman–Crippen LogP) is 1.53. The number of halogens is 1. The van der Waals surface area contributed by atoms with E-state index in [1.165, 1.54) is 0 Å². The molecule has 0 N–H and O–H groups in total. The van der Waals surface area contributed by atoms with Gasteiger partial charge in [0.2, 0.25) is 5.91 Å². The molecule has 0 aromatic heterocycles. The van der Waals surface area contributed by atoms with Crippen LogP contribution >= 0.6 is 11.6 Å². The molecule has 2 aliphatic heterocycles. The van der Waals surface area contributed by atoms with Crippen molar-refractivity contribution in [3.63, 3.8) is 0 Å². The van der Waals surface area contributed by atoms with E-state index in [9.17, 15) is 13.2 Å². The van der Waals surface area contributed by atoms with Crippen LogP contribution in [0.25, 0.3) is 0 Å². The van der Waals surface area contributed by atoms with E-state index in [0.717, 1.165) is 23.2 Å². The van der Waals surface area contributed by atoms with Crippen molar-refractivity contribution in [1.29, 1.82) is 0 Å². The van der Waals surface area contributed by atoms with Crippen molar-refractivity contribution in [2.24, 2.45) is 0 Å². The van der Waals surface area contributed by atoms with Gasteiger partial charge in [-0.25, -0.2) is 8.42 Å². The van der Waals surface area contributed by atoms with Gasteiger partial charge in [-0.05, 0) is 36.5 Å². The maximum absolute atomic E-state index is 12.1. The van der Waals surface area contributed by atoms with Crippen LogP contribution in [-0.2, 0) is 27.5 Å². The summed E-state index contributed by atoms with van der Waals surface area (Å²) >= 11 is 5.62. The Balaban J connectivity index is 2.19. The third-order valence-electron chi connectivity index (χ3n) is 3.78. The topological polar surface area (TPSA) is 54.5 Å². The second kappa shape index (κ2) is 4.49. The number of amides is 1. The highest BCUT2D eigenvalue weighted by atomic mass is 35.5. The molecular weight excluding hydrogens is 286 g/mol. The van der Waals surface area contributed by atoms with Gasteiger partial charge in [0.15, 0.2) is 9.84 Å². The van der Waals surface area contributed by atoms with Crippen molar-refractivity contribution in [3.8, 4) is 0 Å². The lowest BCUT2D eigenvalue weighted by Gasteiger charge is -2.30. The standard InChI is InChI=1S/C13H14ClNO3S/c14-8-12(16)15-6-1-2-10-11(15)4-3-9-5-7-19(17,18)13(9)10/h3-4H,1-2,5-8H2. The minimum Gasteiger partial charge on any atom is -0.311 e. The molecule has 0 bridgehead atoms. The van der Waals surface area contributed by atoms with Gasteiger partial charge >= 0.3 is 0 Å². The van der Waals surface area contributed by atoms with Gasteiger partial charge < -0.3 is 4.90 Å². The number of carbonyl (C=O) groups excluding carboxylic acids is 1. The lowest BCUT2D eigenvalue weighted by Crippen LogP contribution is -2.36. The number of anilines is 1. The zero-order chi connectivity index (χ0) is 13.6. The zero-order valence-electron chi connectivity index (χ0n) is 10.4. The van der Waals surface area contributed by atoms with Gasteiger partial charge in [0.05, 0.1) is 10.6 Å². The maximum Gasteiger partial charge on any atom is 0.241 e. The molecule has 2 heterocycles. The Kier molecular flexibility index (Phi) is 3.06. The summed E-state index contributed by atoms with van der Waals surface area (Å²) in [5.74, 6) is -0.0659. The summed E-state index contributed by atoms with van der Waals surface area (Å²) in [5, 5.41) is 0. The molecule has 3 rings (SSSR count). The van der Waals surface area contributed by atoms with Crippen LogP contribution in [0.2, 0.25) is 0 Å². The van der Waals surface area contributed by atoms with Crippen LogP contribution in [-0.4, -0.2) is 32.5 Å². The van der Waals surface area contributed by atoms with Crippen molar-refractivity contribution in [2.45, 2.75) is 24.2 Å². The van der Waals surface area contributed by atoms with Crippen LogP contribution in [0.5, 0.6) is 0 Å². The minimum absolute atomic E-state index is 0.0801. The number of alkyl halides is 1. The van der Waals surface area contributed by atoms with E-state index in [0.29, 0.717) is 24.3 Å². The molecule has 19 heavy (non-hydrogen) atoms. The summed E-state index contributed by atoms with van der Waals surface area (Å²) in [7, 11) is -3.17. The molecule has 1 amide bonds. The van der Waals surface area contributed by atoms with E-state index in [1.807, 2.05) is 12.1 Å². The first kappa shape index (κ1) is 12.9. The third-order valence-corrected chi connectivity index (χ3v) is 5.88. The molecule has 1 aromatic rings. The minimum atomic E-state index is -3.17. The number of fused-ring (bicyclic) bond motifs is 3. The van der Waals surface area contributed by atoms with Crippen LogP contribution < -0.4 is 4.90 Å². The average molecular weight is 300 g/mol. The Bertz CT molecular complexity index is 654. The van der Waals surface area contributed by atoms with Crippen molar-refractivity contribution in [3.05, 3.63) is 23.3 Å². The summed E-state index contributed by atoms with van der Waals surface area (Å²) in [4.78, 5) is 13.9. The molecule has 0 fully saturated rings. The summed E-state index contributed by atoms with van der Waals surface area (Å²) < 4.78 is 24.3. The monoisotopic (exact) mass is 299 g/mol. The number of carbonyl (C=O) groups is 1. The normalized spacial score (nSPS) is 19.9. The molecule has 0 spiro atoms. The molecule has 102 valence electrons. The second-order valence-corrected chi connectivity index (χ2v) is 7.22. The van der Waals surface area contributed by atoms with Crippen LogP contribution in [0.3, 0.4) is 0 Å². The molecule has 6 heteroatoms. The maximum atomic E-state index is 12.1. The number of hydrogen-bond acceptors (Lipinski definition) is 3. The molecule has 0 unspecified atom stereocenters. The highest BCUT2D eigenvalue weighted by Gasteiger charge is 2.33. The molecule has 2 aliphatic rings.